The van der Waals surface area contributed by atoms with Gasteiger partial charge < -0.3 is 9.88 Å². The highest BCUT2D eigenvalue weighted by atomic mass is 15.0. The SMILES string of the molecule is Cc1cc2c3c(c1)c1c(n3CCC2)CCNCC1. The molecule has 3 heterocycles. The molecule has 0 radical (unpaired) electrons. The summed E-state index contributed by atoms with van der Waals surface area (Å²) in [5.74, 6) is 0. The fourth-order valence-corrected chi connectivity index (χ4v) is 3.83. The van der Waals surface area contributed by atoms with E-state index in [1.807, 2.05) is 0 Å². The van der Waals surface area contributed by atoms with Crippen molar-refractivity contribution < 1.29 is 0 Å². The molecule has 0 saturated heterocycles. The summed E-state index contributed by atoms with van der Waals surface area (Å²) >= 11 is 0. The number of hydrogen-bond donors (Lipinski definition) is 1. The molecule has 2 aliphatic heterocycles. The first kappa shape index (κ1) is 10.6. The van der Waals surface area contributed by atoms with Crippen molar-refractivity contribution in [2.45, 2.75) is 39.2 Å². The Hall–Kier alpha value is -1.28. The first-order valence-corrected chi connectivity index (χ1v) is 7.19. The number of aromatic nitrogens is 1. The number of nitrogens with zero attached hydrogens (tertiary/aromatic N) is 1. The number of aryl methyl sites for hydroxylation is 3. The van der Waals surface area contributed by atoms with Crippen molar-refractivity contribution in [2.24, 2.45) is 0 Å². The zero-order valence-corrected chi connectivity index (χ0v) is 11.1. The second kappa shape index (κ2) is 3.86. The molecule has 4 rings (SSSR count). The van der Waals surface area contributed by atoms with E-state index in [4.69, 9.17) is 0 Å². The van der Waals surface area contributed by atoms with E-state index in [0.29, 0.717) is 0 Å². The molecule has 1 N–H and O–H groups in total. The fourth-order valence-electron chi connectivity index (χ4n) is 3.83. The number of hydrogen-bond acceptors (Lipinski definition) is 1. The van der Waals surface area contributed by atoms with Gasteiger partial charge >= 0.3 is 0 Å². The number of rotatable bonds is 0. The Morgan fingerprint density at radius 1 is 1.11 bits per heavy atom. The van der Waals surface area contributed by atoms with Crippen LogP contribution in [0.3, 0.4) is 0 Å². The highest BCUT2D eigenvalue weighted by Crippen LogP contribution is 2.34. The lowest BCUT2D eigenvalue weighted by molar-refractivity contribution is 0.604. The van der Waals surface area contributed by atoms with Gasteiger partial charge in [-0.25, -0.2) is 0 Å². The Morgan fingerprint density at radius 3 is 2.94 bits per heavy atom. The van der Waals surface area contributed by atoms with Crippen molar-refractivity contribution in [3.63, 3.8) is 0 Å². The number of benzene rings is 1. The lowest BCUT2D eigenvalue weighted by atomic mass is 9.99. The molecule has 2 aromatic rings. The number of fused-ring (bicyclic) bond motifs is 3. The zero-order chi connectivity index (χ0) is 12.1. The van der Waals surface area contributed by atoms with E-state index in [9.17, 15) is 0 Å². The van der Waals surface area contributed by atoms with Crippen LogP contribution in [-0.4, -0.2) is 17.7 Å². The van der Waals surface area contributed by atoms with Crippen molar-refractivity contribution in [1.29, 1.82) is 0 Å². The van der Waals surface area contributed by atoms with E-state index in [0.717, 1.165) is 13.1 Å². The van der Waals surface area contributed by atoms with Gasteiger partial charge in [0.05, 0.1) is 5.52 Å². The molecule has 2 heteroatoms. The van der Waals surface area contributed by atoms with Gasteiger partial charge in [0, 0.05) is 30.6 Å². The Morgan fingerprint density at radius 2 is 2.00 bits per heavy atom. The summed E-state index contributed by atoms with van der Waals surface area (Å²) in [6.07, 6.45) is 4.96. The second-order valence-electron chi connectivity index (χ2n) is 5.75. The van der Waals surface area contributed by atoms with E-state index in [-0.39, 0.29) is 0 Å². The van der Waals surface area contributed by atoms with Crippen molar-refractivity contribution in [3.8, 4) is 0 Å². The molecule has 1 aromatic carbocycles. The normalized spacial score (nSPS) is 18.7. The van der Waals surface area contributed by atoms with Gasteiger partial charge in [0.25, 0.3) is 0 Å². The Kier molecular flexibility index (Phi) is 2.28. The van der Waals surface area contributed by atoms with Crippen molar-refractivity contribution in [1.82, 2.24) is 9.88 Å². The molecule has 0 saturated carbocycles. The van der Waals surface area contributed by atoms with Gasteiger partial charge in [-0.15, -0.1) is 0 Å². The topological polar surface area (TPSA) is 17.0 Å². The highest BCUT2D eigenvalue weighted by molar-refractivity contribution is 5.89. The first-order chi connectivity index (χ1) is 8.84. The van der Waals surface area contributed by atoms with E-state index in [1.165, 1.54) is 37.8 Å². The predicted molar refractivity (Wildman–Crippen MR) is 75.3 cm³/mol. The van der Waals surface area contributed by atoms with Crippen LogP contribution in [0.4, 0.5) is 0 Å². The third-order valence-corrected chi connectivity index (χ3v) is 4.52. The number of nitrogens with one attached hydrogen (secondary N) is 1. The molecule has 18 heavy (non-hydrogen) atoms. The molecular weight excluding hydrogens is 220 g/mol. The average molecular weight is 240 g/mol. The first-order valence-electron chi connectivity index (χ1n) is 7.19. The van der Waals surface area contributed by atoms with Gasteiger partial charge in [-0.3, -0.25) is 0 Å². The lowest BCUT2D eigenvalue weighted by Crippen LogP contribution is -2.18. The molecular formula is C16H20N2. The summed E-state index contributed by atoms with van der Waals surface area (Å²) < 4.78 is 2.62. The molecule has 0 aliphatic carbocycles. The minimum Gasteiger partial charge on any atom is -0.344 e. The van der Waals surface area contributed by atoms with Crippen LogP contribution >= 0.6 is 0 Å². The summed E-state index contributed by atoms with van der Waals surface area (Å²) in [6.45, 7) is 5.73. The third-order valence-electron chi connectivity index (χ3n) is 4.52. The molecule has 0 unspecified atom stereocenters. The van der Waals surface area contributed by atoms with Crippen molar-refractivity contribution in [3.05, 3.63) is 34.5 Å². The molecule has 0 bridgehead atoms. The predicted octanol–water partition coefficient (Wildman–Crippen LogP) is 2.58. The summed E-state index contributed by atoms with van der Waals surface area (Å²) in [7, 11) is 0. The molecule has 0 spiro atoms. The van der Waals surface area contributed by atoms with Crippen LogP contribution in [0.25, 0.3) is 10.9 Å². The van der Waals surface area contributed by atoms with Crippen LogP contribution < -0.4 is 5.32 Å². The monoisotopic (exact) mass is 240 g/mol. The van der Waals surface area contributed by atoms with E-state index < -0.39 is 0 Å². The van der Waals surface area contributed by atoms with E-state index in [1.54, 1.807) is 27.7 Å². The zero-order valence-electron chi connectivity index (χ0n) is 11.1. The van der Waals surface area contributed by atoms with Crippen LogP contribution in [0.2, 0.25) is 0 Å². The highest BCUT2D eigenvalue weighted by Gasteiger charge is 2.22. The van der Waals surface area contributed by atoms with Gasteiger partial charge in [0.1, 0.15) is 0 Å². The van der Waals surface area contributed by atoms with Gasteiger partial charge in [-0.05, 0) is 49.9 Å². The van der Waals surface area contributed by atoms with Crippen molar-refractivity contribution in [2.75, 3.05) is 13.1 Å². The molecule has 0 fully saturated rings. The lowest BCUT2D eigenvalue weighted by Gasteiger charge is -2.18. The van der Waals surface area contributed by atoms with Crippen LogP contribution in [0.15, 0.2) is 12.1 Å². The third kappa shape index (κ3) is 1.39. The van der Waals surface area contributed by atoms with Crippen LogP contribution in [-0.2, 0) is 25.8 Å². The molecule has 94 valence electrons. The Labute approximate surface area is 108 Å². The molecule has 1 aromatic heterocycles. The maximum Gasteiger partial charge on any atom is 0.0518 e. The average Bonchev–Trinajstić information content (AvgIpc) is 2.55. The molecule has 2 nitrogen and oxygen atoms in total. The van der Waals surface area contributed by atoms with E-state index >= 15 is 0 Å². The molecule has 2 aliphatic rings. The van der Waals surface area contributed by atoms with Crippen LogP contribution in [0.1, 0.15) is 28.8 Å². The largest absolute Gasteiger partial charge is 0.344 e. The minimum atomic E-state index is 1.13. The summed E-state index contributed by atoms with van der Waals surface area (Å²) in [5.41, 5.74) is 7.80. The van der Waals surface area contributed by atoms with Crippen molar-refractivity contribution >= 4 is 10.9 Å². The fraction of sp³-hybridized carbons (Fsp3) is 0.500. The Bertz CT molecular complexity index is 622. The van der Waals surface area contributed by atoms with Crippen LogP contribution in [0, 0.1) is 6.92 Å². The standard InChI is InChI=1S/C16H20N2/c1-11-9-12-3-2-8-18-15-5-7-17-6-4-13(15)14(10-11)16(12)18/h9-10,17H,2-8H2,1H3. The summed E-state index contributed by atoms with van der Waals surface area (Å²) in [5, 5.41) is 5.08. The second-order valence-corrected chi connectivity index (χ2v) is 5.75. The smallest absolute Gasteiger partial charge is 0.0518 e. The maximum atomic E-state index is 3.53. The molecule has 0 amide bonds. The Balaban J connectivity index is 2.10. The minimum absolute atomic E-state index is 1.13. The summed E-state index contributed by atoms with van der Waals surface area (Å²) in [6, 6.07) is 4.81. The van der Waals surface area contributed by atoms with Gasteiger partial charge in [-0.1, -0.05) is 11.6 Å². The maximum absolute atomic E-state index is 3.53. The van der Waals surface area contributed by atoms with Crippen LogP contribution in [0.5, 0.6) is 0 Å². The quantitative estimate of drug-likeness (QED) is 0.749. The molecule has 0 atom stereocenters. The van der Waals surface area contributed by atoms with Gasteiger partial charge in [0.15, 0.2) is 0 Å². The van der Waals surface area contributed by atoms with E-state index in [2.05, 4.69) is 28.9 Å². The van der Waals surface area contributed by atoms with Gasteiger partial charge in [0.2, 0.25) is 0 Å². The summed E-state index contributed by atoms with van der Waals surface area (Å²) in [4.78, 5) is 0. The van der Waals surface area contributed by atoms with Gasteiger partial charge in [-0.2, -0.15) is 0 Å².